The van der Waals surface area contributed by atoms with Crippen LogP contribution in [0.3, 0.4) is 0 Å². The summed E-state index contributed by atoms with van der Waals surface area (Å²) in [7, 11) is 0. The molecule has 1 unspecified atom stereocenters. The molecule has 23 heavy (non-hydrogen) atoms. The van der Waals surface area contributed by atoms with Crippen LogP contribution in [0.2, 0.25) is 0 Å². The zero-order valence-electron chi connectivity index (χ0n) is 12.9. The molecule has 1 atom stereocenters. The molecule has 1 aliphatic heterocycles. The standard InChI is InChI=1S/C17H19N5O/c18-12-21-9-7-15(10-21)17(23)20-16-11-22(13-19-16)8-6-14-4-2-1-3-5-14/h1-5,11,13,15H,6-10H2,(H,20,23). The number of rotatable bonds is 5. The summed E-state index contributed by atoms with van der Waals surface area (Å²) in [5.74, 6) is 0.374. The Balaban J connectivity index is 1.51. The lowest BCUT2D eigenvalue weighted by molar-refractivity contribution is -0.119. The van der Waals surface area contributed by atoms with E-state index in [0.29, 0.717) is 25.3 Å². The molecule has 3 rings (SSSR count). The Bertz CT molecular complexity index is 703. The molecule has 2 heterocycles. The van der Waals surface area contributed by atoms with Crippen molar-refractivity contribution in [3.8, 4) is 6.19 Å². The third kappa shape index (κ3) is 3.89. The van der Waals surface area contributed by atoms with Gasteiger partial charge in [-0.25, -0.2) is 4.98 Å². The molecule has 118 valence electrons. The molecule has 1 N–H and O–H groups in total. The number of likely N-dealkylation sites (tertiary alicyclic amines) is 1. The lowest BCUT2D eigenvalue weighted by atomic mass is 10.1. The molecule has 1 amide bonds. The third-order valence-corrected chi connectivity index (χ3v) is 4.09. The van der Waals surface area contributed by atoms with Crippen molar-refractivity contribution in [2.45, 2.75) is 19.4 Å². The summed E-state index contributed by atoms with van der Waals surface area (Å²) >= 11 is 0. The van der Waals surface area contributed by atoms with E-state index >= 15 is 0 Å². The zero-order chi connectivity index (χ0) is 16.1. The lowest BCUT2D eigenvalue weighted by Crippen LogP contribution is -2.25. The van der Waals surface area contributed by atoms with Gasteiger partial charge in [0.2, 0.25) is 5.91 Å². The normalized spacial score (nSPS) is 17.0. The number of hydrogen-bond acceptors (Lipinski definition) is 4. The van der Waals surface area contributed by atoms with Crippen molar-refractivity contribution < 1.29 is 4.79 Å². The SMILES string of the molecule is N#CN1CCC(C(=O)Nc2cn(CCc3ccccc3)cn2)C1. The number of carbonyl (C=O) groups is 1. The average Bonchev–Trinajstić information content (AvgIpc) is 3.23. The van der Waals surface area contributed by atoms with Gasteiger partial charge in [0.15, 0.2) is 12.0 Å². The number of anilines is 1. The molecule has 1 aliphatic rings. The highest BCUT2D eigenvalue weighted by Crippen LogP contribution is 2.17. The Hall–Kier alpha value is -2.81. The van der Waals surface area contributed by atoms with Gasteiger partial charge in [-0.15, -0.1) is 0 Å². The van der Waals surface area contributed by atoms with E-state index < -0.39 is 0 Å². The van der Waals surface area contributed by atoms with Crippen LogP contribution in [-0.2, 0) is 17.8 Å². The number of aromatic nitrogens is 2. The van der Waals surface area contributed by atoms with Crippen LogP contribution in [0.1, 0.15) is 12.0 Å². The Kier molecular flexibility index (Phi) is 4.57. The molecule has 0 aliphatic carbocycles. The topological polar surface area (TPSA) is 74.0 Å². The molecule has 1 aromatic heterocycles. The van der Waals surface area contributed by atoms with E-state index in [2.05, 4.69) is 28.6 Å². The smallest absolute Gasteiger partial charge is 0.230 e. The van der Waals surface area contributed by atoms with Crippen molar-refractivity contribution in [1.29, 1.82) is 5.26 Å². The minimum Gasteiger partial charge on any atom is -0.335 e. The highest BCUT2D eigenvalue weighted by molar-refractivity contribution is 5.91. The molecule has 0 bridgehead atoms. The number of aryl methyl sites for hydroxylation is 2. The summed E-state index contributed by atoms with van der Waals surface area (Å²) in [5.41, 5.74) is 1.27. The minimum absolute atomic E-state index is 0.0592. The fraction of sp³-hybridized carbons (Fsp3) is 0.353. The van der Waals surface area contributed by atoms with Crippen molar-refractivity contribution >= 4 is 11.7 Å². The quantitative estimate of drug-likeness (QED) is 0.856. The van der Waals surface area contributed by atoms with Gasteiger partial charge in [-0.05, 0) is 18.4 Å². The van der Waals surface area contributed by atoms with E-state index in [-0.39, 0.29) is 11.8 Å². The first-order valence-electron chi connectivity index (χ1n) is 7.76. The molecular weight excluding hydrogens is 290 g/mol. The largest absolute Gasteiger partial charge is 0.335 e. The van der Waals surface area contributed by atoms with Gasteiger partial charge in [0, 0.05) is 25.8 Å². The predicted molar refractivity (Wildman–Crippen MR) is 86.3 cm³/mol. The van der Waals surface area contributed by atoms with Crippen LogP contribution in [0.4, 0.5) is 5.82 Å². The summed E-state index contributed by atoms with van der Waals surface area (Å²) in [5, 5.41) is 11.7. The Morgan fingerprint density at radius 3 is 2.96 bits per heavy atom. The van der Waals surface area contributed by atoms with Gasteiger partial charge in [-0.1, -0.05) is 30.3 Å². The molecule has 0 radical (unpaired) electrons. The number of nitrogens with one attached hydrogen (secondary N) is 1. The second-order valence-electron chi connectivity index (χ2n) is 5.75. The third-order valence-electron chi connectivity index (χ3n) is 4.09. The van der Waals surface area contributed by atoms with Gasteiger partial charge in [0.1, 0.15) is 0 Å². The van der Waals surface area contributed by atoms with Gasteiger partial charge < -0.3 is 14.8 Å². The predicted octanol–water partition coefficient (Wildman–Crippen LogP) is 1.87. The molecule has 1 aromatic carbocycles. The maximum Gasteiger partial charge on any atom is 0.230 e. The fourth-order valence-electron chi connectivity index (χ4n) is 2.74. The van der Waals surface area contributed by atoms with E-state index in [0.717, 1.165) is 13.0 Å². The van der Waals surface area contributed by atoms with Gasteiger partial charge >= 0.3 is 0 Å². The number of hydrogen-bond donors (Lipinski definition) is 1. The molecule has 0 spiro atoms. The summed E-state index contributed by atoms with van der Waals surface area (Å²) in [6.07, 6.45) is 7.30. The molecule has 1 saturated heterocycles. The van der Waals surface area contributed by atoms with E-state index in [1.807, 2.05) is 29.0 Å². The first-order valence-corrected chi connectivity index (χ1v) is 7.76. The van der Waals surface area contributed by atoms with Crippen LogP contribution in [0, 0.1) is 17.4 Å². The molecular formula is C17H19N5O. The zero-order valence-corrected chi connectivity index (χ0v) is 12.9. The number of carbonyl (C=O) groups excluding carboxylic acids is 1. The van der Waals surface area contributed by atoms with Crippen molar-refractivity contribution in [3.05, 3.63) is 48.4 Å². The van der Waals surface area contributed by atoms with Crippen LogP contribution >= 0.6 is 0 Å². The molecule has 1 fully saturated rings. The Morgan fingerprint density at radius 2 is 2.22 bits per heavy atom. The van der Waals surface area contributed by atoms with Gasteiger partial charge in [-0.3, -0.25) is 4.79 Å². The van der Waals surface area contributed by atoms with Crippen molar-refractivity contribution in [2.75, 3.05) is 18.4 Å². The highest BCUT2D eigenvalue weighted by Gasteiger charge is 2.28. The number of imidazole rings is 1. The van der Waals surface area contributed by atoms with Crippen molar-refractivity contribution in [1.82, 2.24) is 14.5 Å². The molecule has 0 saturated carbocycles. The summed E-state index contributed by atoms with van der Waals surface area (Å²) in [4.78, 5) is 18.0. The van der Waals surface area contributed by atoms with Crippen LogP contribution in [0.5, 0.6) is 0 Å². The number of benzene rings is 1. The van der Waals surface area contributed by atoms with Crippen molar-refractivity contribution in [2.24, 2.45) is 5.92 Å². The Morgan fingerprint density at radius 1 is 1.39 bits per heavy atom. The first-order chi connectivity index (χ1) is 11.2. The summed E-state index contributed by atoms with van der Waals surface area (Å²) < 4.78 is 1.97. The van der Waals surface area contributed by atoms with E-state index in [4.69, 9.17) is 5.26 Å². The van der Waals surface area contributed by atoms with Crippen LogP contribution in [0.25, 0.3) is 0 Å². The average molecular weight is 309 g/mol. The molecule has 6 heteroatoms. The van der Waals surface area contributed by atoms with E-state index in [9.17, 15) is 4.79 Å². The van der Waals surface area contributed by atoms with E-state index in [1.165, 1.54) is 5.56 Å². The number of amides is 1. The lowest BCUT2D eigenvalue weighted by Gasteiger charge is -2.08. The van der Waals surface area contributed by atoms with E-state index in [1.54, 1.807) is 11.2 Å². The first kappa shape index (κ1) is 15.1. The summed E-state index contributed by atoms with van der Waals surface area (Å²) in [6.45, 7) is 1.97. The number of nitrogens with zero attached hydrogens (tertiary/aromatic N) is 4. The Labute approximate surface area is 135 Å². The maximum absolute atomic E-state index is 12.2. The molecule has 2 aromatic rings. The second-order valence-corrected chi connectivity index (χ2v) is 5.75. The second kappa shape index (κ2) is 6.97. The van der Waals surface area contributed by atoms with Crippen LogP contribution < -0.4 is 5.32 Å². The monoisotopic (exact) mass is 309 g/mol. The maximum atomic E-state index is 12.2. The highest BCUT2D eigenvalue weighted by atomic mass is 16.2. The van der Waals surface area contributed by atoms with Gasteiger partial charge in [0.25, 0.3) is 0 Å². The van der Waals surface area contributed by atoms with Crippen molar-refractivity contribution in [3.63, 3.8) is 0 Å². The van der Waals surface area contributed by atoms with Crippen LogP contribution in [0.15, 0.2) is 42.9 Å². The van der Waals surface area contributed by atoms with Gasteiger partial charge in [0.05, 0.1) is 12.2 Å². The minimum atomic E-state index is -0.135. The van der Waals surface area contributed by atoms with Gasteiger partial charge in [-0.2, -0.15) is 5.26 Å². The summed E-state index contributed by atoms with van der Waals surface area (Å²) in [6, 6.07) is 10.3. The van der Waals surface area contributed by atoms with Crippen LogP contribution in [-0.4, -0.2) is 33.4 Å². The molecule has 6 nitrogen and oxygen atoms in total. The number of nitriles is 1. The fourth-order valence-corrected chi connectivity index (χ4v) is 2.74.